The highest BCUT2D eigenvalue weighted by molar-refractivity contribution is 6.18. The Labute approximate surface area is 96.2 Å². The lowest BCUT2D eigenvalue weighted by molar-refractivity contribution is 1.10. The molecule has 2 heteroatoms. The fourth-order valence-corrected chi connectivity index (χ4v) is 2.68. The first-order chi connectivity index (χ1) is 6.54. The van der Waals surface area contributed by atoms with Crippen molar-refractivity contribution in [2.24, 2.45) is 0 Å². The van der Waals surface area contributed by atoms with Crippen molar-refractivity contribution >= 4 is 23.2 Å². The molecule has 0 nitrogen and oxygen atoms in total. The zero-order chi connectivity index (χ0) is 10.9. The van der Waals surface area contributed by atoms with Gasteiger partial charge in [-0.2, -0.15) is 0 Å². The molecule has 0 amide bonds. The van der Waals surface area contributed by atoms with E-state index < -0.39 is 0 Å². The van der Waals surface area contributed by atoms with Crippen LogP contribution in [0.15, 0.2) is 0 Å². The molecule has 0 unspecified atom stereocenters. The summed E-state index contributed by atoms with van der Waals surface area (Å²) in [6.45, 7) is 8.50. The molecule has 1 aromatic carbocycles. The lowest BCUT2D eigenvalue weighted by Gasteiger charge is -2.17. The molecule has 0 heterocycles. The normalized spacial score (nSPS) is 10.7. The molecule has 0 spiro atoms. The van der Waals surface area contributed by atoms with Crippen molar-refractivity contribution in [3.8, 4) is 0 Å². The van der Waals surface area contributed by atoms with Crippen molar-refractivity contribution in [1.29, 1.82) is 0 Å². The maximum atomic E-state index is 5.95. The van der Waals surface area contributed by atoms with Gasteiger partial charge in [0.15, 0.2) is 0 Å². The fourth-order valence-electron chi connectivity index (χ4n) is 1.88. The Kier molecular flexibility index (Phi) is 3.86. The second-order valence-electron chi connectivity index (χ2n) is 3.72. The Bertz CT molecular complexity index is 323. The van der Waals surface area contributed by atoms with Crippen molar-refractivity contribution in [3.05, 3.63) is 33.4 Å². The van der Waals surface area contributed by atoms with E-state index in [9.17, 15) is 0 Å². The van der Waals surface area contributed by atoms with Gasteiger partial charge >= 0.3 is 0 Å². The molecule has 0 radical (unpaired) electrons. The molecule has 0 atom stereocenters. The molecule has 14 heavy (non-hydrogen) atoms. The number of benzene rings is 1. The minimum absolute atomic E-state index is 0.572. The van der Waals surface area contributed by atoms with Crippen LogP contribution in [0.25, 0.3) is 0 Å². The molecular formula is C12H16Cl2. The molecular weight excluding hydrogens is 215 g/mol. The van der Waals surface area contributed by atoms with Crippen LogP contribution in [0.5, 0.6) is 0 Å². The third-order valence-electron chi connectivity index (χ3n) is 3.20. The third kappa shape index (κ3) is 1.78. The van der Waals surface area contributed by atoms with Crippen molar-refractivity contribution in [1.82, 2.24) is 0 Å². The Morgan fingerprint density at radius 2 is 1.00 bits per heavy atom. The molecule has 0 bridgehead atoms. The van der Waals surface area contributed by atoms with Crippen molar-refractivity contribution in [2.75, 3.05) is 0 Å². The molecule has 1 rings (SSSR count). The fraction of sp³-hybridized carbons (Fsp3) is 0.500. The van der Waals surface area contributed by atoms with Gasteiger partial charge in [-0.3, -0.25) is 0 Å². The minimum Gasteiger partial charge on any atom is -0.122 e. The molecule has 0 fully saturated rings. The summed E-state index contributed by atoms with van der Waals surface area (Å²) in [5.41, 5.74) is 7.68. The van der Waals surface area contributed by atoms with Crippen LogP contribution in [-0.2, 0) is 11.8 Å². The topological polar surface area (TPSA) is 0 Å². The third-order valence-corrected chi connectivity index (χ3v) is 3.74. The van der Waals surface area contributed by atoms with Gasteiger partial charge in [0.05, 0.1) is 0 Å². The van der Waals surface area contributed by atoms with Crippen molar-refractivity contribution in [2.45, 2.75) is 39.5 Å². The molecule has 0 aliphatic heterocycles. The average molecular weight is 231 g/mol. The van der Waals surface area contributed by atoms with Gasteiger partial charge in [0.2, 0.25) is 0 Å². The average Bonchev–Trinajstić information content (AvgIpc) is 2.16. The molecule has 78 valence electrons. The molecule has 1 aromatic rings. The maximum absolute atomic E-state index is 5.95. The van der Waals surface area contributed by atoms with Crippen LogP contribution in [0.2, 0.25) is 0 Å². The Morgan fingerprint density at radius 1 is 0.643 bits per heavy atom. The van der Waals surface area contributed by atoms with E-state index in [0.29, 0.717) is 11.8 Å². The van der Waals surface area contributed by atoms with E-state index in [-0.39, 0.29) is 0 Å². The minimum atomic E-state index is 0.572. The van der Waals surface area contributed by atoms with E-state index in [4.69, 9.17) is 23.2 Å². The quantitative estimate of drug-likeness (QED) is 0.662. The highest BCUT2D eigenvalue weighted by atomic mass is 35.5. The molecule has 0 aliphatic carbocycles. The SMILES string of the molecule is Cc1c(C)c(CCl)c(C)c(CCl)c1C. The van der Waals surface area contributed by atoms with Crippen molar-refractivity contribution < 1.29 is 0 Å². The first-order valence-corrected chi connectivity index (χ1v) is 5.81. The summed E-state index contributed by atoms with van der Waals surface area (Å²) >= 11 is 11.9. The van der Waals surface area contributed by atoms with Gasteiger partial charge in [-0.1, -0.05) is 0 Å². The maximum Gasteiger partial charge on any atom is 0.0479 e. The summed E-state index contributed by atoms with van der Waals surface area (Å²) in [5.74, 6) is 1.14. The van der Waals surface area contributed by atoms with E-state index in [1.165, 1.54) is 33.4 Å². The summed E-state index contributed by atoms with van der Waals surface area (Å²) in [4.78, 5) is 0. The lowest BCUT2D eigenvalue weighted by atomic mass is 9.90. The predicted octanol–water partition coefficient (Wildman–Crippen LogP) is 4.40. The lowest BCUT2D eigenvalue weighted by Crippen LogP contribution is -2.02. The van der Waals surface area contributed by atoms with E-state index >= 15 is 0 Å². The number of rotatable bonds is 2. The van der Waals surface area contributed by atoms with Gasteiger partial charge in [0.25, 0.3) is 0 Å². The molecule has 0 saturated heterocycles. The predicted molar refractivity (Wildman–Crippen MR) is 64.5 cm³/mol. The smallest absolute Gasteiger partial charge is 0.0479 e. The second kappa shape index (κ2) is 4.55. The highest BCUT2D eigenvalue weighted by Crippen LogP contribution is 2.28. The van der Waals surface area contributed by atoms with E-state index in [0.717, 1.165) is 0 Å². The van der Waals surface area contributed by atoms with Crippen LogP contribution in [0.4, 0.5) is 0 Å². The summed E-state index contributed by atoms with van der Waals surface area (Å²) in [7, 11) is 0. The summed E-state index contributed by atoms with van der Waals surface area (Å²) < 4.78 is 0. The molecule has 0 N–H and O–H groups in total. The second-order valence-corrected chi connectivity index (χ2v) is 4.26. The Morgan fingerprint density at radius 3 is 1.29 bits per heavy atom. The number of halogens is 2. The highest BCUT2D eigenvalue weighted by Gasteiger charge is 2.12. The Balaban J connectivity index is 3.56. The largest absolute Gasteiger partial charge is 0.122 e. The van der Waals surface area contributed by atoms with Crippen LogP contribution in [-0.4, -0.2) is 0 Å². The van der Waals surface area contributed by atoms with Crippen LogP contribution in [0.3, 0.4) is 0 Å². The molecule has 0 aliphatic rings. The number of alkyl halides is 2. The summed E-state index contributed by atoms with van der Waals surface area (Å²) in [6, 6.07) is 0. The van der Waals surface area contributed by atoms with Crippen LogP contribution < -0.4 is 0 Å². The summed E-state index contributed by atoms with van der Waals surface area (Å²) in [6.07, 6.45) is 0. The first-order valence-electron chi connectivity index (χ1n) is 4.74. The van der Waals surface area contributed by atoms with Crippen LogP contribution in [0.1, 0.15) is 33.4 Å². The van der Waals surface area contributed by atoms with E-state index in [1.807, 2.05) is 0 Å². The molecule has 0 saturated carbocycles. The van der Waals surface area contributed by atoms with Crippen LogP contribution in [0, 0.1) is 27.7 Å². The van der Waals surface area contributed by atoms with Gasteiger partial charge in [0.1, 0.15) is 0 Å². The zero-order valence-corrected chi connectivity index (χ0v) is 10.7. The van der Waals surface area contributed by atoms with Gasteiger partial charge in [0, 0.05) is 11.8 Å². The first kappa shape index (κ1) is 11.9. The van der Waals surface area contributed by atoms with Gasteiger partial charge in [-0.25, -0.2) is 0 Å². The van der Waals surface area contributed by atoms with Crippen molar-refractivity contribution in [3.63, 3.8) is 0 Å². The Hall–Kier alpha value is -0.200. The van der Waals surface area contributed by atoms with E-state index in [1.54, 1.807) is 0 Å². The van der Waals surface area contributed by atoms with Gasteiger partial charge < -0.3 is 0 Å². The number of hydrogen-bond donors (Lipinski definition) is 0. The zero-order valence-electron chi connectivity index (χ0n) is 9.17. The van der Waals surface area contributed by atoms with Gasteiger partial charge in [-0.05, 0) is 61.1 Å². The summed E-state index contributed by atoms with van der Waals surface area (Å²) in [5, 5.41) is 0. The standard InChI is InChI=1S/C12H16Cl2/c1-7-8(2)11(5-13)10(4)12(6-14)9(7)3/h5-6H2,1-4H3. The van der Waals surface area contributed by atoms with E-state index in [2.05, 4.69) is 27.7 Å². The van der Waals surface area contributed by atoms with Gasteiger partial charge in [-0.15, -0.1) is 23.2 Å². The number of hydrogen-bond acceptors (Lipinski definition) is 0. The van der Waals surface area contributed by atoms with Crippen LogP contribution >= 0.6 is 23.2 Å². The monoisotopic (exact) mass is 230 g/mol. The molecule has 0 aromatic heterocycles.